The maximum Gasteiger partial charge on any atom is 0.338 e. The Morgan fingerprint density at radius 3 is 2.81 bits per heavy atom. The van der Waals surface area contributed by atoms with Gasteiger partial charge in [0.15, 0.2) is 0 Å². The molecular weight excluding hydrogens is 230 g/mol. The van der Waals surface area contributed by atoms with Gasteiger partial charge in [0.2, 0.25) is 0 Å². The van der Waals surface area contributed by atoms with Gasteiger partial charge in [0.05, 0.1) is 29.7 Å². The lowest BCUT2D eigenvalue weighted by Crippen LogP contribution is -2.08. The lowest BCUT2D eigenvalue weighted by atomic mass is 10.0. The van der Waals surface area contributed by atoms with Crippen molar-refractivity contribution < 1.29 is 14.6 Å². The number of benzene rings is 1. The predicted molar refractivity (Wildman–Crippen MR) is 58.3 cm³/mol. The number of carbonyl (C=O) groups excluding carboxylic acids is 1. The van der Waals surface area contributed by atoms with E-state index in [1.54, 1.807) is 6.92 Å². The van der Waals surface area contributed by atoms with Crippen molar-refractivity contribution in [1.29, 1.82) is 5.26 Å². The molecule has 4 nitrogen and oxygen atoms in total. The fourth-order valence-electron chi connectivity index (χ4n) is 1.25. The fraction of sp³-hybridized carbons (Fsp3) is 0.273. The third-order valence-electron chi connectivity index (χ3n) is 1.98. The summed E-state index contributed by atoms with van der Waals surface area (Å²) in [6.45, 7) is 1.89. The number of esters is 1. The van der Waals surface area contributed by atoms with Gasteiger partial charge in [-0.25, -0.2) is 4.79 Å². The molecule has 0 saturated heterocycles. The zero-order valence-corrected chi connectivity index (χ0v) is 9.41. The molecule has 1 aromatic carbocycles. The third kappa shape index (κ3) is 2.44. The Kier molecular flexibility index (Phi) is 4.15. The summed E-state index contributed by atoms with van der Waals surface area (Å²) < 4.78 is 4.81. The van der Waals surface area contributed by atoms with Gasteiger partial charge in [-0.1, -0.05) is 0 Å². The van der Waals surface area contributed by atoms with Crippen LogP contribution in [0.25, 0.3) is 0 Å². The zero-order valence-electron chi connectivity index (χ0n) is 8.66. The number of phenols is 1. The van der Waals surface area contributed by atoms with Crippen molar-refractivity contribution in [1.82, 2.24) is 0 Å². The molecule has 84 valence electrons. The highest BCUT2D eigenvalue weighted by Crippen LogP contribution is 2.25. The summed E-state index contributed by atoms with van der Waals surface area (Å²) in [5.41, 5.74) is 0.599. The number of nitrogens with zero attached hydrogens (tertiary/aromatic N) is 1. The van der Waals surface area contributed by atoms with Gasteiger partial charge >= 0.3 is 5.97 Å². The highest BCUT2D eigenvalue weighted by molar-refractivity contribution is 6.18. The second-order valence-electron chi connectivity index (χ2n) is 2.99. The molecule has 1 rings (SSSR count). The molecule has 0 aliphatic carbocycles. The van der Waals surface area contributed by atoms with Gasteiger partial charge in [0, 0.05) is 5.56 Å². The molecule has 0 heterocycles. The van der Waals surface area contributed by atoms with Gasteiger partial charge in [-0.05, 0) is 19.1 Å². The second kappa shape index (κ2) is 5.38. The van der Waals surface area contributed by atoms with Crippen molar-refractivity contribution in [2.24, 2.45) is 0 Å². The second-order valence-corrected chi connectivity index (χ2v) is 3.25. The van der Waals surface area contributed by atoms with Crippen molar-refractivity contribution in [3.63, 3.8) is 0 Å². The summed E-state index contributed by atoms with van der Waals surface area (Å²) in [6, 6.07) is 4.47. The molecule has 0 aromatic heterocycles. The highest BCUT2D eigenvalue weighted by atomic mass is 35.5. The van der Waals surface area contributed by atoms with E-state index < -0.39 is 5.97 Å². The number of halogens is 1. The van der Waals surface area contributed by atoms with E-state index in [-0.39, 0.29) is 34.9 Å². The van der Waals surface area contributed by atoms with Crippen LogP contribution >= 0.6 is 11.6 Å². The lowest BCUT2D eigenvalue weighted by molar-refractivity contribution is 0.0525. The molecule has 16 heavy (non-hydrogen) atoms. The van der Waals surface area contributed by atoms with Gasteiger partial charge < -0.3 is 9.84 Å². The number of alkyl halides is 1. The predicted octanol–water partition coefficient (Wildman–Crippen LogP) is 2.18. The minimum absolute atomic E-state index is 0.0221. The van der Waals surface area contributed by atoms with Crippen molar-refractivity contribution >= 4 is 17.6 Å². The number of nitriles is 1. The van der Waals surface area contributed by atoms with E-state index in [9.17, 15) is 9.90 Å². The zero-order chi connectivity index (χ0) is 12.1. The SMILES string of the molecule is CCOC(=O)c1cc(C#N)cc(O)c1CCl. The number of hydrogen-bond donors (Lipinski definition) is 1. The summed E-state index contributed by atoms with van der Waals surface area (Å²) >= 11 is 5.63. The molecular formula is C11H10ClNO3. The first kappa shape index (κ1) is 12.3. The average Bonchev–Trinajstić information content (AvgIpc) is 2.28. The van der Waals surface area contributed by atoms with Crippen molar-refractivity contribution in [2.75, 3.05) is 6.61 Å². The third-order valence-corrected chi connectivity index (χ3v) is 2.25. The number of carbonyl (C=O) groups is 1. The van der Waals surface area contributed by atoms with Gasteiger partial charge in [-0.15, -0.1) is 11.6 Å². The van der Waals surface area contributed by atoms with Crippen LogP contribution in [0.4, 0.5) is 0 Å². The quantitative estimate of drug-likeness (QED) is 0.648. The Bertz CT molecular complexity index is 451. The molecule has 0 amide bonds. The topological polar surface area (TPSA) is 70.3 Å². The van der Waals surface area contributed by atoms with Crippen LogP contribution < -0.4 is 0 Å². The minimum Gasteiger partial charge on any atom is -0.508 e. The van der Waals surface area contributed by atoms with Gasteiger partial charge in [-0.3, -0.25) is 0 Å². The Morgan fingerprint density at radius 1 is 1.62 bits per heavy atom. The molecule has 5 heteroatoms. The first-order valence-electron chi connectivity index (χ1n) is 4.63. The molecule has 0 atom stereocenters. The van der Waals surface area contributed by atoms with Crippen LogP contribution in [-0.4, -0.2) is 17.7 Å². The van der Waals surface area contributed by atoms with E-state index in [0.717, 1.165) is 0 Å². The number of aromatic hydroxyl groups is 1. The maximum atomic E-state index is 11.5. The molecule has 1 aromatic rings. The molecule has 0 unspecified atom stereocenters. The van der Waals surface area contributed by atoms with Crippen molar-refractivity contribution in [2.45, 2.75) is 12.8 Å². The Labute approximate surface area is 98.0 Å². The molecule has 0 fully saturated rings. The number of phenolic OH excluding ortho intramolecular Hbond substituents is 1. The monoisotopic (exact) mass is 239 g/mol. The Morgan fingerprint density at radius 2 is 2.31 bits per heavy atom. The van der Waals surface area contributed by atoms with Crippen LogP contribution in [0.15, 0.2) is 12.1 Å². The highest BCUT2D eigenvalue weighted by Gasteiger charge is 2.16. The Balaban J connectivity index is 3.29. The summed E-state index contributed by atoms with van der Waals surface area (Å²) in [5.74, 6) is -0.784. The van der Waals surface area contributed by atoms with E-state index in [4.69, 9.17) is 21.6 Å². The standard InChI is InChI=1S/C11H10ClNO3/c1-2-16-11(15)8-3-7(6-13)4-10(14)9(8)5-12/h3-4,14H,2,5H2,1H3. The van der Waals surface area contributed by atoms with E-state index >= 15 is 0 Å². The van der Waals surface area contributed by atoms with E-state index in [0.29, 0.717) is 0 Å². The maximum absolute atomic E-state index is 11.5. The number of hydrogen-bond acceptors (Lipinski definition) is 4. The molecule has 0 radical (unpaired) electrons. The summed E-state index contributed by atoms with van der Waals surface area (Å²) in [5, 5.41) is 18.3. The summed E-state index contributed by atoms with van der Waals surface area (Å²) in [4.78, 5) is 11.5. The Hall–Kier alpha value is -1.73. The van der Waals surface area contributed by atoms with Crippen LogP contribution in [0.2, 0.25) is 0 Å². The van der Waals surface area contributed by atoms with E-state index in [2.05, 4.69) is 0 Å². The van der Waals surface area contributed by atoms with Crippen LogP contribution in [-0.2, 0) is 10.6 Å². The molecule has 0 saturated carbocycles. The van der Waals surface area contributed by atoms with Gasteiger partial charge in [0.1, 0.15) is 5.75 Å². The van der Waals surface area contributed by atoms with Gasteiger partial charge in [0.25, 0.3) is 0 Å². The molecule has 1 N–H and O–H groups in total. The van der Waals surface area contributed by atoms with Crippen LogP contribution in [0.1, 0.15) is 28.4 Å². The average molecular weight is 240 g/mol. The summed E-state index contributed by atoms with van der Waals surface area (Å²) in [7, 11) is 0. The normalized spacial score (nSPS) is 9.56. The van der Waals surface area contributed by atoms with E-state index in [1.807, 2.05) is 6.07 Å². The van der Waals surface area contributed by atoms with Crippen molar-refractivity contribution in [3.8, 4) is 11.8 Å². The summed E-state index contributed by atoms with van der Waals surface area (Å²) in [6.07, 6.45) is 0. The largest absolute Gasteiger partial charge is 0.508 e. The van der Waals surface area contributed by atoms with Crippen LogP contribution in [0.5, 0.6) is 5.75 Å². The number of rotatable bonds is 3. The van der Waals surface area contributed by atoms with Crippen molar-refractivity contribution in [3.05, 3.63) is 28.8 Å². The van der Waals surface area contributed by atoms with Crippen LogP contribution in [0, 0.1) is 11.3 Å². The number of ether oxygens (including phenoxy) is 1. The lowest BCUT2D eigenvalue weighted by Gasteiger charge is -2.08. The smallest absolute Gasteiger partial charge is 0.338 e. The molecule has 0 spiro atoms. The van der Waals surface area contributed by atoms with E-state index in [1.165, 1.54) is 12.1 Å². The first-order valence-corrected chi connectivity index (χ1v) is 5.16. The first-order chi connectivity index (χ1) is 7.63. The molecule has 0 aliphatic heterocycles. The molecule has 0 bridgehead atoms. The fourth-order valence-corrected chi connectivity index (χ4v) is 1.53. The van der Waals surface area contributed by atoms with Crippen LogP contribution in [0.3, 0.4) is 0 Å². The van der Waals surface area contributed by atoms with Gasteiger partial charge in [-0.2, -0.15) is 5.26 Å². The minimum atomic E-state index is -0.592. The molecule has 0 aliphatic rings.